The van der Waals surface area contributed by atoms with E-state index < -0.39 is 0 Å². The molecule has 0 atom stereocenters. The summed E-state index contributed by atoms with van der Waals surface area (Å²) in [6, 6.07) is 20.4. The van der Waals surface area contributed by atoms with Crippen molar-refractivity contribution in [2.24, 2.45) is 0 Å². The van der Waals surface area contributed by atoms with E-state index in [0.29, 0.717) is 12.5 Å². The van der Waals surface area contributed by atoms with Crippen LogP contribution in [0.3, 0.4) is 0 Å². The predicted molar refractivity (Wildman–Crippen MR) is 137 cm³/mol. The lowest BCUT2D eigenvalue weighted by atomic mass is 9.93. The highest BCUT2D eigenvalue weighted by molar-refractivity contribution is 6.02. The third-order valence-corrected chi connectivity index (χ3v) is 5.98. The number of urea groups is 1. The van der Waals surface area contributed by atoms with Crippen molar-refractivity contribution in [2.45, 2.75) is 65.8 Å². The number of benzene rings is 3. The first-order chi connectivity index (χ1) is 15.7. The van der Waals surface area contributed by atoms with Gasteiger partial charge in [0.1, 0.15) is 5.82 Å². The Kier molecular flexibility index (Phi) is 7.91. The third-order valence-electron chi connectivity index (χ3n) is 5.98. The molecule has 0 radical (unpaired) electrons. The van der Waals surface area contributed by atoms with Crippen molar-refractivity contribution < 1.29 is 9.18 Å². The largest absolute Gasteiger partial charge is 0.326 e. The van der Waals surface area contributed by atoms with E-state index in [1.807, 2.05) is 12.1 Å². The molecule has 174 valence electrons. The highest BCUT2D eigenvalue weighted by Gasteiger charge is 2.21. The van der Waals surface area contributed by atoms with Gasteiger partial charge < -0.3 is 5.32 Å². The Labute approximate surface area is 197 Å². The molecule has 4 heteroatoms. The normalized spacial score (nSPS) is 11.3. The number of halogens is 1. The standard InChI is InChI=1S/C29H35FN2O/c1-19(2)23-12-16-25(17-13-23)32(18-22-10-14-24(30)15-11-22)29(33)31-28-26(20(3)4)8-7-9-27(28)21(5)6/h7-17,19-21H,18H2,1-6H3,(H,31,33). The van der Waals surface area contributed by atoms with Gasteiger partial charge in [0.2, 0.25) is 0 Å². The quantitative estimate of drug-likeness (QED) is 0.388. The first-order valence-electron chi connectivity index (χ1n) is 11.7. The van der Waals surface area contributed by atoms with Crippen LogP contribution in [0, 0.1) is 5.82 Å². The van der Waals surface area contributed by atoms with Crippen molar-refractivity contribution in [1.82, 2.24) is 0 Å². The molecule has 1 N–H and O–H groups in total. The smallest absolute Gasteiger partial charge is 0.307 e. The zero-order valence-corrected chi connectivity index (χ0v) is 20.5. The van der Waals surface area contributed by atoms with Crippen LogP contribution in [0.15, 0.2) is 66.7 Å². The van der Waals surface area contributed by atoms with Crippen LogP contribution in [0.2, 0.25) is 0 Å². The molecule has 0 aliphatic carbocycles. The van der Waals surface area contributed by atoms with Crippen molar-refractivity contribution in [2.75, 3.05) is 10.2 Å². The SMILES string of the molecule is CC(C)c1ccc(N(Cc2ccc(F)cc2)C(=O)Nc2c(C(C)C)cccc2C(C)C)cc1. The molecule has 3 rings (SSSR count). The number of nitrogens with one attached hydrogen (secondary N) is 1. The Morgan fingerprint density at radius 3 is 1.82 bits per heavy atom. The van der Waals surface area contributed by atoms with Gasteiger partial charge in [0, 0.05) is 11.4 Å². The molecule has 0 aliphatic rings. The van der Waals surface area contributed by atoms with Gasteiger partial charge in [0.05, 0.1) is 6.54 Å². The number of amides is 2. The third kappa shape index (κ3) is 6.01. The van der Waals surface area contributed by atoms with Gasteiger partial charge in [-0.05, 0) is 64.3 Å². The molecule has 0 bridgehead atoms. The predicted octanol–water partition coefficient (Wildman–Crippen LogP) is 8.43. The number of rotatable bonds is 7. The molecular weight excluding hydrogens is 411 g/mol. The van der Waals surface area contributed by atoms with E-state index in [0.717, 1.165) is 28.1 Å². The minimum Gasteiger partial charge on any atom is -0.307 e. The molecule has 0 unspecified atom stereocenters. The number of carbonyl (C=O) groups is 1. The number of hydrogen-bond donors (Lipinski definition) is 1. The lowest BCUT2D eigenvalue weighted by molar-refractivity contribution is 0.256. The van der Waals surface area contributed by atoms with E-state index in [1.54, 1.807) is 17.0 Å². The molecule has 0 aromatic heterocycles. The van der Waals surface area contributed by atoms with Crippen molar-refractivity contribution in [3.63, 3.8) is 0 Å². The van der Waals surface area contributed by atoms with Crippen LogP contribution in [0.25, 0.3) is 0 Å². The van der Waals surface area contributed by atoms with Gasteiger partial charge in [0.15, 0.2) is 0 Å². The Morgan fingerprint density at radius 1 is 0.788 bits per heavy atom. The van der Waals surface area contributed by atoms with Gasteiger partial charge in [0.25, 0.3) is 0 Å². The minimum atomic E-state index is -0.288. The average Bonchev–Trinajstić information content (AvgIpc) is 2.78. The van der Waals surface area contributed by atoms with E-state index in [4.69, 9.17) is 0 Å². The van der Waals surface area contributed by atoms with E-state index in [-0.39, 0.29) is 23.7 Å². The summed E-state index contributed by atoms with van der Waals surface area (Å²) >= 11 is 0. The molecule has 0 spiro atoms. The molecule has 2 amide bonds. The van der Waals surface area contributed by atoms with E-state index in [9.17, 15) is 9.18 Å². The van der Waals surface area contributed by atoms with E-state index >= 15 is 0 Å². The van der Waals surface area contributed by atoms with Gasteiger partial charge in [-0.1, -0.05) is 84.0 Å². The van der Waals surface area contributed by atoms with Crippen LogP contribution in [-0.2, 0) is 6.54 Å². The fraction of sp³-hybridized carbons (Fsp3) is 0.345. The fourth-order valence-electron chi connectivity index (χ4n) is 3.96. The molecule has 0 saturated carbocycles. The van der Waals surface area contributed by atoms with Crippen molar-refractivity contribution in [3.8, 4) is 0 Å². The first kappa shape index (κ1) is 24.5. The van der Waals surface area contributed by atoms with Crippen LogP contribution in [-0.4, -0.2) is 6.03 Å². The maximum absolute atomic E-state index is 13.7. The van der Waals surface area contributed by atoms with Crippen LogP contribution >= 0.6 is 0 Å². The zero-order valence-electron chi connectivity index (χ0n) is 20.5. The second kappa shape index (κ2) is 10.7. The molecule has 0 heterocycles. The van der Waals surface area contributed by atoms with Crippen LogP contribution < -0.4 is 10.2 Å². The van der Waals surface area contributed by atoms with Crippen LogP contribution in [0.1, 0.15) is 81.5 Å². The molecule has 0 fully saturated rings. The van der Waals surface area contributed by atoms with Gasteiger partial charge in [-0.3, -0.25) is 4.90 Å². The zero-order chi connectivity index (χ0) is 24.1. The van der Waals surface area contributed by atoms with Gasteiger partial charge >= 0.3 is 6.03 Å². The van der Waals surface area contributed by atoms with Crippen LogP contribution in [0.4, 0.5) is 20.6 Å². The van der Waals surface area contributed by atoms with E-state index in [2.05, 4.69) is 77.2 Å². The fourth-order valence-corrected chi connectivity index (χ4v) is 3.96. The summed E-state index contributed by atoms with van der Waals surface area (Å²) in [6.07, 6.45) is 0. The number of hydrogen-bond acceptors (Lipinski definition) is 1. The molecule has 3 nitrogen and oxygen atoms in total. The maximum Gasteiger partial charge on any atom is 0.326 e. The summed E-state index contributed by atoms with van der Waals surface area (Å²) in [7, 11) is 0. The average molecular weight is 447 g/mol. The van der Waals surface area contributed by atoms with Gasteiger partial charge in [-0.25, -0.2) is 9.18 Å². The summed E-state index contributed by atoms with van der Waals surface area (Å²) < 4.78 is 13.5. The summed E-state index contributed by atoms with van der Waals surface area (Å²) in [5, 5.41) is 3.22. The molecule has 33 heavy (non-hydrogen) atoms. The van der Waals surface area contributed by atoms with E-state index in [1.165, 1.54) is 17.7 Å². The first-order valence-corrected chi connectivity index (χ1v) is 11.7. The number of carbonyl (C=O) groups excluding carboxylic acids is 1. The molecular formula is C29H35FN2O. The van der Waals surface area contributed by atoms with Gasteiger partial charge in [-0.15, -0.1) is 0 Å². The lowest BCUT2D eigenvalue weighted by Crippen LogP contribution is -2.35. The molecule has 0 aliphatic heterocycles. The Hall–Kier alpha value is -3.14. The number of para-hydroxylation sites is 1. The van der Waals surface area contributed by atoms with Gasteiger partial charge in [-0.2, -0.15) is 0 Å². The number of nitrogens with zero attached hydrogens (tertiary/aromatic N) is 1. The summed E-state index contributed by atoms with van der Waals surface area (Å²) in [4.78, 5) is 15.4. The Bertz CT molecular complexity index is 1040. The van der Waals surface area contributed by atoms with Crippen molar-refractivity contribution in [3.05, 3.63) is 94.8 Å². The molecule has 0 saturated heterocycles. The second-order valence-electron chi connectivity index (χ2n) is 9.51. The summed E-state index contributed by atoms with van der Waals surface area (Å²) in [6.45, 7) is 13.2. The molecule has 3 aromatic rings. The summed E-state index contributed by atoms with van der Waals surface area (Å²) in [5.41, 5.74) is 6.00. The second-order valence-corrected chi connectivity index (χ2v) is 9.51. The minimum absolute atomic E-state index is 0.202. The number of anilines is 2. The Morgan fingerprint density at radius 2 is 1.33 bits per heavy atom. The monoisotopic (exact) mass is 446 g/mol. The lowest BCUT2D eigenvalue weighted by Gasteiger charge is -2.27. The maximum atomic E-state index is 13.7. The molecule has 3 aromatic carbocycles. The highest BCUT2D eigenvalue weighted by atomic mass is 19.1. The summed E-state index contributed by atoms with van der Waals surface area (Å²) in [5.74, 6) is 0.665. The van der Waals surface area contributed by atoms with Crippen molar-refractivity contribution >= 4 is 17.4 Å². The highest BCUT2D eigenvalue weighted by Crippen LogP contribution is 2.33. The van der Waals surface area contributed by atoms with Crippen LogP contribution in [0.5, 0.6) is 0 Å². The Balaban J connectivity index is 2.00. The topological polar surface area (TPSA) is 32.3 Å². The van der Waals surface area contributed by atoms with Crippen molar-refractivity contribution in [1.29, 1.82) is 0 Å².